The molecule has 142 valence electrons. The Morgan fingerprint density at radius 2 is 1.96 bits per heavy atom. The first kappa shape index (κ1) is 18.7. The summed E-state index contributed by atoms with van der Waals surface area (Å²) in [6.45, 7) is 0.709. The highest BCUT2D eigenvalue weighted by molar-refractivity contribution is 5.93. The summed E-state index contributed by atoms with van der Waals surface area (Å²) < 4.78 is 38.8. The van der Waals surface area contributed by atoms with E-state index in [4.69, 9.17) is 5.73 Å². The number of hydrogen-bond donors (Lipinski definition) is 1. The molecule has 0 saturated carbocycles. The van der Waals surface area contributed by atoms with Crippen LogP contribution in [0.1, 0.15) is 33.5 Å². The molecular formula is C18H16F3N3O3. The molecule has 9 heteroatoms. The molecular weight excluding hydrogens is 363 g/mol. The zero-order chi connectivity index (χ0) is 19.8. The van der Waals surface area contributed by atoms with Crippen molar-refractivity contribution in [2.24, 2.45) is 5.73 Å². The molecule has 2 aromatic rings. The number of nitro groups is 1. The quantitative estimate of drug-likeness (QED) is 0.648. The number of aryl methyl sites for hydroxylation is 1. The molecule has 0 radical (unpaired) electrons. The summed E-state index contributed by atoms with van der Waals surface area (Å²) in [7, 11) is 0. The number of rotatable bonds is 4. The molecule has 6 nitrogen and oxygen atoms in total. The van der Waals surface area contributed by atoms with Gasteiger partial charge in [-0.3, -0.25) is 14.9 Å². The number of carbonyl (C=O) groups excluding carboxylic acids is 1. The highest BCUT2D eigenvalue weighted by atomic mass is 19.4. The standard InChI is InChI=1S/C18H16F3N3O3/c19-18(20,21)14-5-6-15-11(8-14)2-1-7-23(15)10-13-4-3-12(17(22)25)9-16(13)24(26)27/h3-6,8-9H,1-2,7,10H2,(H2,22,25). The number of nitrogens with zero attached hydrogens (tertiary/aromatic N) is 2. The van der Waals surface area contributed by atoms with Crippen LogP contribution in [0, 0.1) is 10.1 Å². The average Bonchev–Trinajstić information content (AvgIpc) is 2.60. The Balaban J connectivity index is 1.94. The Morgan fingerprint density at radius 1 is 1.22 bits per heavy atom. The lowest BCUT2D eigenvalue weighted by atomic mass is 9.98. The molecule has 1 heterocycles. The number of hydrogen-bond acceptors (Lipinski definition) is 4. The van der Waals surface area contributed by atoms with Crippen molar-refractivity contribution in [2.45, 2.75) is 25.6 Å². The van der Waals surface area contributed by atoms with Crippen LogP contribution >= 0.6 is 0 Å². The number of alkyl halides is 3. The number of primary amides is 1. The van der Waals surface area contributed by atoms with Crippen LogP contribution in [0.25, 0.3) is 0 Å². The van der Waals surface area contributed by atoms with Crippen LogP contribution in [0.15, 0.2) is 36.4 Å². The molecule has 0 atom stereocenters. The number of amides is 1. The summed E-state index contributed by atoms with van der Waals surface area (Å²) in [4.78, 5) is 23.8. The summed E-state index contributed by atoms with van der Waals surface area (Å²) in [6.07, 6.45) is -3.26. The molecule has 0 spiro atoms. The third kappa shape index (κ3) is 3.86. The zero-order valence-electron chi connectivity index (χ0n) is 14.1. The minimum atomic E-state index is -4.42. The van der Waals surface area contributed by atoms with E-state index in [0.717, 1.165) is 18.2 Å². The van der Waals surface area contributed by atoms with E-state index >= 15 is 0 Å². The highest BCUT2D eigenvalue weighted by Crippen LogP contribution is 2.36. The smallest absolute Gasteiger partial charge is 0.367 e. The molecule has 1 amide bonds. The molecule has 0 unspecified atom stereocenters. The first-order valence-electron chi connectivity index (χ1n) is 8.19. The number of anilines is 1. The van der Waals surface area contributed by atoms with Crippen LogP contribution in [-0.2, 0) is 19.1 Å². The van der Waals surface area contributed by atoms with Gasteiger partial charge in [-0.05, 0) is 48.7 Å². The topological polar surface area (TPSA) is 89.5 Å². The number of nitro benzene ring substituents is 1. The van der Waals surface area contributed by atoms with Crippen molar-refractivity contribution in [3.05, 3.63) is 68.8 Å². The van der Waals surface area contributed by atoms with Crippen molar-refractivity contribution < 1.29 is 22.9 Å². The van der Waals surface area contributed by atoms with Crippen LogP contribution in [-0.4, -0.2) is 17.4 Å². The molecule has 0 fully saturated rings. The van der Waals surface area contributed by atoms with E-state index in [1.54, 1.807) is 0 Å². The monoisotopic (exact) mass is 379 g/mol. The second kappa shape index (κ2) is 6.90. The summed E-state index contributed by atoms with van der Waals surface area (Å²) in [5.74, 6) is -0.771. The maximum absolute atomic E-state index is 12.9. The third-order valence-electron chi connectivity index (χ3n) is 4.55. The normalized spacial score (nSPS) is 14.0. The molecule has 1 aliphatic rings. The number of halogens is 3. The molecule has 1 aliphatic heterocycles. The van der Waals surface area contributed by atoms with Crippen molar-refractivity contribution in [3.8, 4) is 0 Å². The van der Waals surface area contributed by atoms with Crippen LogP contribution in [0.3, 0.4) is 0 Å². The summed E-state index contributed by atoms with van der Waals surface area (Å²) in [5.41, 5.74) is 5.79. The average molecular weight is 379 g/mol. The van der Waals surface area contributed by atoms with Gasteiger partial charge in [0.05, 0.1) is 10.5 Å². The molecule has 0 bridgehead atoms. The first-order valence-corrected chi connectivity index (χ1v) is 8.19. The number of benzene rings is 2. The van der Waals surface area contributed by atoms with Gasteiger partial charge in [0.2, 0.25) is 5.91 Å². The van der Waals surface area contributed by atoms with Gasteiger partial charge >= 0.3 is 6.18 Å². The van der Waals surface area contributed by atoms with Gasteiger partial charge in [-0.1, -0.05) is 0 Å². The van der Waals surface area contributed by atoms with Crippen molar-refractivity contribution in [3.63, 3.8) is 0 Å². The number of nitrogens with two attached hydrogens (primary N) is 1. The maximum atomic E-state index is 12.9. The van der Waals surface area contributed by atoms with Gasteiger partial charge in [-0.2, -0.15) is 13.2 Å². The van der Waals surface area contributed by atoms with Crippen molar-refractivity contribution in [2.75, 3.05) is 11.4 Å². The lowest BCUT2D eigenvalue weighted by Crippen LogP contribution is -2.29. The summed E-state index contributed by atoms with van der Waals surface area (Å²) in [5, 5.41) is 11.3. The highest BCUT2D eigenvalue weighted by Gasteiger charge is 2.32. The van der Waals surface area contributed by atoms with Gasteiger partial charge in [0.25, 0.3) is 5.69 Å². The lowest BCUT2D eigenvalue weighted by Gasteiger charge is -2.31. The molecule has 0 aliphatic carbocycles. The summed E-state index contributed by atoms with van der Waals surface area (Å²) in [6, 6.07) is 7.53. The van der Waals surface area contributed by atoms with Gasteiger partial charge in [-0.25, -0.2) is 0 Å². The fourth-order valence-corrected chi connectivity index (χ4v) is 3.24. The van der Waals surface area contributed by atoms with Gasteiger partial charge in [0.1, 0.15) is 0 Å². The van der Waals surface area contributed by atoms with Gasteiger partial charge in [-0.15, -0.1) is 0 Å². The van der Waals surface area contributed by atoms with Crippen LogP contribution in [0.5, 0.6) is 0 Å². The van der Waals surface area contributed by atoms with Crippen LogP contribution in [0.2, 0.25) is 0 Å². The van der Waals surface area contributed by atoms with E-state index in [2.05, 4.69) is 0 Å². The predicted octanol–water partition coefficient (Wildman–Crippen LogP) is 3.67. The van der Waals surface area contributed by atoms with E-state index in [0.29, 0.717) is 36.2 Å². The second-order valence-corrected chi connectivity index (χ2v) is 6.33. The third-order valence-corrected chi connectivity index (χ3v) is 4.55. The fourth-order valence-electron chi connectivity index (χ4n) is 3.24. The van der Waals surface area contributed by atoms with E-state index < -0.39 is 22.6 Å². The lowest BCUT2D eigenvalue weighted by molar-refractivity contribution is -0.385. The Bertz CT molecular complexity index is 912. The minimum Gasteiger partial charge on any atom is -0.367 e. The largest absolute Gasteiger partial charge is 0.416 e. The van der Waals surface area contributed by atoms with E-state index in [-0.39, 0.29) is 17.8 Å². The van der Waals surface area contributed by atoms with Crippen LogP contribution in [0.4, 0.5) is 24.5 Å². The van der Waals surface area contributed by atoms with E-state index in [1.165, 1.54) is 18.2 Å². The molecule has 2 aromatic carbocycles. The van der Waals surface area contributed by atoms with Crippen molar-refractivity contribution >= 4 is 17.3 Å². The second-order valence-electron chi connectivity index (χ2n) is 6.33. The zero-order valence-corrected chi connectivity index (χ0v) is 14.1. The van der Waals surface area contributed by atoms with Crippen molar-refractivity contribution in [1.82, 2.24) is 0 Å². The maximum Gasteiger partial charge on any atom is 0.416 e. The molecule has 2 N–H and O–H groups in total. The fraction of sp³-hybridized carbons (Fsp3) is 0.278. The van der Waals surface area contributed by atoms with Gasteiger partial charge in [0, 0.05) is 36.0 Å². The SMILES string of the molecule is NC(=O)c1ccc(CN2CCCc3cc(C(F)(F)F)ccc32)c([N+](=O)[O-])c1. The van der Waals surface area contributed by atoms with E-state index in [1.807, 2.05) is 4.90 Å². The predicted molar refractivity (Wildman–Crippen MR) is 92.4 cm³/mol. The summed E-state index contributed by atoms with van der Waals surface area (Å²) >= 11 is 0. The van der Waals surface area contributed by atoms with Gasteiger partial charge < -0.3 is 10.6 Å². The van der Waals surface area contributed by atoms with E-state index in [9.17, 15) is 28.1 Å². The minimum absolute atomic E-state index is 0.0271. The Hall–Kier alpha value is -3.10. The van der Waals surface area contributed by atoms with Gasteiger partial charge in [0.15, 0.2) is 0 Å². The van der Waals surface area contributed by atoms with Crippen molar-refractivity contribution in [1.29, 1.82) is 0 Å². The molecule has 0 saturated heterocycles. The first-order chi connectivity index (χ1) is 12.7. The molecule has 0 aromatic heterocycles. The molecule has 27 heavy (non-hydrogen) atoms. The molecule has 3 rings (SSSR count). The Labute approximate surface area is 152 Å². The van der Waals surface area contributed by atoms with Crippen LogP contribution < -0.4 is 10.6 Å². The Morgan fingerprint density at radius 3 is 2.59 bits per heavy atom. The number of fused-ring (bicyclic) bond motifs is 1. The number of carbonyl (C=O) groups is 1. The Kier molecular flexibility index (Phi) is 4.77.